The number of aliphatic hydroxyl groups excluding tert-OH is 1. The molecule has 1 amide bonds. The lowest BCUT2D eigenvalue weighted by molar-refractivity contribution is -0.0461. The molecule has 0 radical (unpaired) electrons. The lowest BCUT2D eigenvalue weighted by atomic mass is 10.1. The molecule has 0 saturated heterocycles. The Morgan fingerprint density at radius 2 is 2.06 bits per heavy atom. The summed E-state index contributed by atoms with van der Waals surface area (Å²) in [6.07, 6.45) is 0. The second-order valence-electron chi connectivity index (χ2n) is 3.49. The Hall–Kier alpha value is -1.69. The van der Waals surface area contributed by atoms with E-state index in [9.17, 15) is 13.6 Å². The van der Waals surface area contributed by atoms with Crippen LogP contribution in [-0.2, 0) is 0 Å². The summed E-state index contributed by atoms with van der Waals surface area (Å²) >= 11 is 0. The first-order valence-electron chi connectivity index (χ1n) is 5.04. The van der Waals surface area contributed by atoms with Gasteiger partial charge in [-0.2, -0.15) is 0 Å². The van der Waals surface area contributed by atoms with Crippen LogP contribution in [0.4, 0.5) is 14.5 Å². The summed E-state index contributed by atoms with van der Waals surface area (Å²) in [5.74, 6) is -3.91. The molecule has 17 heavy (non-hydrogen) atoms. The van der Waals surface area contributed by atoms with Crippen molar-refractivity contribution in [1.82, 2.24) is 5.32 Å². The van der Waals surface area contributed by atoms with Crippen LogP contribution in [0.2, 0.25) is 0 Å². The van der Waals surface area contributed by atoms with Crippen molar-refractivity contribution in [3.05, 3.63) is 29.8 Å². The first-order chi connectivity index (χ1) is 8.00. The standard InChI is InChI=1S/C11H14F2N2O2/c1-14-9-5-3-2-4-8(9)10(17)15-6-11(12,13)7-16/h2-5,14,16H,6-7H2,1H3,(H,15,17). The number of aliphatic hydroxyl groups is 1. The molecule has 4 nitrogen and oxygen atoms in total. The summed E-state index contributed by atoms with van der Waals surface area (Å²) < 4.78 is 25.5. The van der Waals surface area contributed by atoms with Gasteiger partial charge >= 0.3 is 0 Å². The normalized spacial score (nSPS) is 11.1. The zero-order valence-electron chi connectivity index (χ0n) is 9.34. The van der Waals surface area contributed by atoms with E-state index in [2.05, 4.69) is 10.6 Å². The third kappa shape index (κ3) is 3.67. The minimum Gasteiger partial charge on any atom is -0.390 e. The van der Waals surface area contributed by atoms with Crippen LogP contribution in [0, 0.1) is 0 Å². The average Bonchev–Trinajstić information content (AvgIpc) is 2.36. The largest absolute Gasteiger partial charge is 0.390 e. The van der Waals surface area contributed by atoms with Gasteiger partial charge in [-0.15, -0.1) is 0 Å². The summed E-state index contributed by atoms with van der Waals surface area (Å²) in [6.45, 7) is -2.18. The van der Waals surface area contributed by atoms with Crippen molar-refractivity contribution in [2.45, 2.75) is 5.92 Å². The van der Waals surface area contributed by atoms with E-state index >= 15 is 0 Å². The molecule has 0 aromatic heterocycles. The number of halogens is 2. The van der Waals surface area contributed by atoms with Gasteiger partial charge in [-0.1, -0.05) is 12.1 Å². The Morgan fingerprint density at radius 3 is 2.65 bits per heavy atom. The number of alkyl halides is 2. The fourth-order valence-electron chi connectivity index (χ4n) is 1.26. The van der Waals surface area contributed by atoms with Crippen LogP contribution < -0.4 is 10.6 Å². The van der Waals surface area contributed by atoms with Gasteiger partial charge in [0.05, 0.1) is 12.1 Å². The highest BCUT2D eigenvalue weighted by Crippen LogP contribution is 2.15. The Kier molecular flexibility index (Phi) is 4.39. The number of nitrogens with one attached hydrogen (secondary N) is 2. The highest BCUT2D eigenvalue weighted by molar-refractivity contribution is 5.99. The number of para-hydroxylation sites is 1. The van der Waals surface area contributed by atoms with Gasteiger partial charge in [0.2, 0.25) is 0 Å². The molecule has 0 fully saturated rings. The Morgan fingerprint density at radius 1 is 1.41 bits per heavy atom. The second kappa shape index (κ2) is 5.58. The van der Waals surface area contributed by atoms with Gasteiger partial charge in [-0.05, 0) is 12.1 Å². The van der Waals surface area contributed by atoms with E-state index in [0.717, 1.165) is 0 Å². The molecule has 0 aliphatic rings. The van der Waals surface area contributed by atoms with Crippen molar-refractivity contribution in [1.29, 1.82) is 0 Å². The maximum Gasteiger partial charge on any atom is 0.287 e. The van der Waals surface area contributed by atoms with E-state index in [4.69, 9.17) is 5.11 Å². The summed E-state index contributed by atoms with van der Waals surface area (Å²) in [4.78, 5) is 11.6. The predicted molar refractivity (Wildman–Crippen MR) is 60.4 cm³/mol. The highest BCUT2D eigenvalue weighted by atomic mass is 19.3. The fraction of sp³-hybridized carbons (Fsp3) is 0.364. The van der Waals surface area contributed by atoms with Gasteiger partial charge in [0.15, 0.2) is 0 Å². The maximum absolute atomic E-state index is 12.7. The van der Waals surface area contributed by atoms with E-state index in [1.54, 1.807) is 25.2 Å². The van der Waals surface area contributed by atoms with Crippen molar-refractivity contribution in [2.75, 3.05) is 25.5 Å². The van der Waals surface area contributed by atoms with Crippen molar-refractivity contribution in [3.8, 4) is 0 Å². The van der Waals surface area contributed by atoms with Crippen molar-refractivity contribution in [2.24, 2.45) is 0 Å². The van der Waals surface area contributed by atoms with E-state index < -0.39 is 25.0 Å². The molecule has 0 saturated carbocycles. The predicted octanol–water partition coefficient (Wildman–Crippen LogP) is 1.09. The number of hydrogen-bond acceptors (Lipinski definition) is 3. The number of anilines is 1. The summed E-state index contributed by atoms with van der Waals surface area (Å²) in [5, 5.41) is 13.2. The molecule has 3 N–H and O–H groups in total. The molecule has 1 aromatic rings. The van der Waals surface area contributed by atoms with Crippen LogP contribution in [0.3, 0.4) is 0 Å². The van der Waals surface area contributed by atoms with E-state index in [0.29, 0.717) is 5.69 Å². The molecule has 6 heteroatoms. The molecule has 0 heterocycles. The van der Waals surface area contributed by atoms with Crippen molar-refractivity contribution >= 4 is 11.6 Å². The van der Waals surface area contributed by atoms with E-state index in [1.165, 1.54) is 6.07 Å². The molecule has 1 aromatic carbocycles. The minimum atomic E-state index is -3.30. The summed E-state index contributed by atoms with van der Waals surface area (Å²) in [7, 11) is 1.63. The molecule has 94 valence electrons. The van der Waals surface area contributed by atoms with Crippen LogP contribution in [-0.4, -0.2) is 37.1 Å². The average molecular weight is 244 g/mol. The van der Waals surface area contributed by atoms with E-state index in [-0.39, 0.29) is 5.56 Å². The lowest BCUT2D eigenvalue weighted by Gasteiger charge is -2.15. The number of amides is 1. The topological polar surface area (TPSA) is 61.4 Å². The minimum absolute atomic E-state index is 0.281. The SMILES string of the molecule is CNc1ccccc1C(=O)NCC(F)(F)CO. The molecular formula is C11H14F2N2O2. The van der Waals surface area contributed by atoms with Gasteiger partial charge in [0.1, 0.15) is 6.61 Å². The number of carbonyl (C=O) groups excluding carboxylic acids is 1. The Balaban J connectivity index is 2.70. The molecule has 0 unspecified atom stereocenters. The second-order valence-corrected chi connectivity index (χ2v) is 3.49. The zero-order chi connectivity index (χ0) is 12.9. The lowest BCUT2D eigenvalue weighted by Crippen LogP contribution is -2.39. The number of carbonyl (C=O) groups is 1. The smallest absolute Gasteiger partial charge is 0.287 e. The van der Waals surface area contributed by atoms with Crippen LogP contribution >= 0.6 is 0 Å². The zero-order valence-corrected chi connectivity index (χ0v) is 9.34. The van der Waals surface area contributed by atoms with Crippen LogP contribution in [0.5, 0.6) is 0 Å². The monoisotopic (exact) mass is 244 g/mol. The highest BCUT2D eigenvalue weighted by Gasteiger charge is 2.28. The van der Waals surface area contributed by atoms with Gasteiger partial charge in [-0.25, -0.2) is 8.78 Å². The quantitative estimate of drug-likeness (QED) is 0.726. The number of benzene rings is 1. The Bertz CT molecular complexity index is 397. The molecule has 0 aliphatic heterocycles. The first kappa shape index (κ1) is 13.4. The van der Waals surface area contributed by atoms with E-state index in [1.807, 2.05) is 0 Å². The molecular weight excluding hydrogens is 230 g/mol. The van der Waals surface area contributed by atoms with Crippen LogP contribution in [0.15, 0.2) is 24.3 Å². The van der Waals surface area contributed by atoms with Gasteiger partial charge in [-0.3, -0.25) is 4.79 Å². The number of hydrogen-bond donors (Lipinski definition) is 3. The molecule has 0 spiro atoms. The third-order valence-electron chi connectivity index (χ3n) is 2.18. The Labute approximate surface area is 97.6 Å². The van der Waals surface area contributed by atoms with Crippen LogP contribution in [0.25, 0.3) is 0 Å². The van der Waals surface area contributed by atoms with Crippen molar-refractivity contribution in [3.63, 3.8) is 0 Å². The summed E-state index contributed by atoms with van der Waals surface area (Å²) in [6, 6.07) is 6.56. The maximum atomic E-state index is 12.7. The van der Waals surface area contributed by atoms with Gasteiger partial charge < -0.3 is 15.7 Å². The van der Waals surface area contributed by atoms with Gasteiger partial charge in [0.25, 0.3) is 11.8 Å². The first-order valence-corrected chi connectivity index (χ1v) is 5.04. The fourth-order valence-corrected chi connectivity index (χ4v) is 1.26. The van der Waals surface area contributed by atoms with Gasteiger partial charge in [0, 0.05) is 12.7 Å². The molecule has 1 rings (SSSR count). The molecule has 0 bridgehead atoms. The number of rotatable bonds is 5. The van der Waals surface area contributed by atoms with Crippen molar-refractivity contribution < 1.29 is 18.7 Å². The molecule has 0 aliphatic carbocycles. The van der Waals surface area contributed by atoms with Crippen LogP contribution in [0.1, 0.15) is 10.4 Å². The molecule has 0 atom stereocenters. The third-order valence-corrected chi connectivity index (χ3v) is 2.18. The summed E-state index contributed by atoms with van der Waals surface area (Å²) in [5.41, 5.74) is 0.834.